The summed E-state index contributed by atoms with van der Waals surface area (Å²) in [5.74, 6) is -0.294. The van der Waals surface area contributed by atoms with Gasteiger partial charge in [-0.25, -0.2) is 4.79 Å². The third-order valence-electron chi connectivity index (χ3n) is 4.99. The van der Waals surface area contributed by atoms with Gasteiger partial charge in [-0.05, 0) is 48.5 Å². The van der Waals surface area contributed by atoms with Crippen LogP contribution in [0.25, 0.3) is 0 Å². The van der Waals surface area contributed by atoms with Gasteiger partial charge in [0, 0.05) is 0 Å². The van der Waals surface area contributed by atoms with E-state index in [0.29, 0.717) is 11.9 Å². The predicted molar refractivity (Wildman–Crippen MR) is 122 cm³/mol. The molecule has 0 unspecified atom stereocenters. The highest BCUT2D eigenvalue weighted by Gasteiger charge is 2.46. The van der Waals surface area contributed by atoms with Crippen molar-refractivity contribution in [2.75, 3.05) is 6.35 Å². The highest BCUT2D eigenvalue weighted by molar-refractivity contribution is 7.95. The summed E-state index contributed by atoms with van der Waals surface area (Å²) in [4.78, 5) is 12.8. The maximum Gasteiger partial charge on any atom is 0.341 e. The van der Waals surface area contributed by atoms with Crippen LogP contribution in [0.1, 0.15) is 10.4 Å². The molecule has 0 bridgehead atoms. The zero-order chi connectivity index (χ0) is 19.9. The van der Waals surface area contributed by atoms with Crippen LogP contribution < -0.4 is 15.9 Å². The molecule has 0 aliphatic heterocycles. The summed E-state index contributed by atoms with van der Waals surface area (Å²) in [7, 11) is -2.17. The van der Waals surface area contributed by atoms with Crippen LogP contribution in [-0.2, 0) is 4.74 Å². The van der Waals surface area contributed by atoms with Crippen LogP contribution in [0.5, 0.6) is 0 Å². The van der Waals surface area contributed by atoms with Crippen molar-refractivity contribution in [1.82, 2.24) is 0 Å². The van der Waals surface area contributed by atoms with Gasteiger partial charge < -0.3 is 4.74 Å². The van der Waals surface area contributed by atoms with Crippen molar-refractivity contribution in [1.29, 1.82) is 0 Å². The van der Waals surface area contributed by atoms with Gasteiger partial charge in [0.2, 0.25) is 6.35 Å². The normalized spacial score (nSPS) is 11.0. The Morgan fingerprint density at radius 3 is 1.28 bits per heavy atom. The van der Waals surface area contributed by atoms with Gasteiger partial charge in [0.25, 0.3) is 0 Å². The first-order chi connectivity index (χ1) is 14.3. The molecule has 0 spiro atoms. The SMILES string of the molecule is O=C(OC[P+](c1ccccc1)(c1ccccc1)c1ccccc1)c1ccccc1. The van der Waals surface area contributed by atoms with Gasteiger partial charge in [-0.1, -0.05) is 72.8 Å². The minimum Gasteiger partial charge on any atom is -0.425 e. The largest absolute Gasteiger partial charge is 0.425 e. The van der Waals surface area contributed by atoms with Crippen LogP contribution in [0.3, 0.4) is 0 Å². The fraction of sp³-hybridized carbons (Fsp3) is 0.0385. The Hall–Kier alpha value is -3.22. The number of ether oxygens (including phenoxy) is 1. The molecule has 0 saturated heterocycles. The van der Waals surface area contributed by atoms with E-state index < -0.39 is 7.26 Å². The fourth-order valence-electron chi connectivity index (χ4n) is 3.53. The maximum atomic E-state index is 12.8. The van der Waals surface area contributed by atoms with Crippen molar-refractivity contribution >= 4 is 29.1 Å². The van der Waals surface area contributed by atoms with E-state index in [1.54, 1.807) is 12.1 Å². The minimum absolute atomic E-state index is 0.294. The van der Waals surface area contributed by atoms with Crippen LogP contribution in [0.15, 0.2) is 121 Å². The topological polar surface area (TPSA) is 26.3 Å². The molecule has 142 valence electrons. The van der Waals surface area contributed by atoms with Crippen LogP contribution in [0.4, 0.5) is 0 Å². The second-order valence-electron chi connectivity index (χ2n) is 6.74. The standard InChI is InChI=1S/C26H22O2P/c27-26(22-13-5-1-6-14-22)28-21-29(23-15-7-2-8-16-23,24-17-9-3-10-18-24)25-19-11-4-12-20-25/h1-20H,21H2/q+1. The molecule has 2 nitrogen and oxygen atoms in total. The molecule has 0 radical (unpaired) electrons. The Balaban J connectivity index is 1.83. The van der Waals surface area contributed by atoms with Gasteiger partial charge in [-0.2, -0.15) is 0 Å². The lowest BCUT2D eigenvalue weighted by Gasteiger charge is -2.26. The van der Waals surface area contributed by atoms with Crippen LogP contribution in [0.2, 0.25) is 0 Å². The summed E-state index contributed by atoms with van der Waals surface area (Å²) < 4.78 is 5.97. The molecule has 29 heavy (non-hydrogen) atoms. The van der Waals surface area contributed by atoms with Gasteiger partial charge in [-0.3, -0.25) is 0 Å². The zero-order valence-corrected chi connectivity index (χ0v) is 16.9. The summed E-state index contributed by atoms with van der Waals surface area (Å²) in [6.07, 6.45) is 0.318. The molecular weight excluding hydrogens is 375 g/mol. The molecule has 0 N–H and O–H groups in total. The third kappa shape index (κ3) is 3.99. The Morgan fingerprint density at radius 1 is 0.552 bits per heavy atom. The number of hydrogen-bond donors (Lipinski definition) is 0. The first kappa shape index (κ1) is 19.1. The molecule has 0 aliphatic rings. The molecule has 0 atom stereocenters. The molecule has 4 rings (SSSR count). The molecule has 4 aromatic rings. The van der Waals surface area contributed by atoms with Crippen molar-refractivity contribution in [2.45, 2.75) is 0 Å². The molecule has 0 aliphatic carbocycles. The average molecular weight is 397 g/mol. The second kappa shape index (κ2) is 8.86. The van der Waals surface area contributed by atoms with Crippen LogP contribution in [-0.4, -0.2) is 12.3 Å². The van der Waals surface area contributed by atoms with Crippen molar-refractivity contribution in [3.8, 4) is 0 Å². The summed E-state index contributed by atoms with van der Waals surface area (Å²) >= 11 is 0. The lowest BCUT2D eigenvalue weighted by atomic mass is 10.2. The third-order valence-corrected chi connectivity index (χ3v) is 9.05. The van der Waals surface area contributed by atoms with E-state index in [9.17, 15) is 4.79 Å². The maximum absolute atomic E-state index is 12.8. The molecule has 4 aromatic carbocycles. The van der Waals surface area contributed by atoms with Gasteiger partial charge in [0.15, 0.2) is 7.26 Å². The Bertz CT molecular complexity index is 952. The lowest BCUT2D eigenvalue weighted by molar-refractivity contribution is 0.0575. The summed E-state index contributed by atoms with van der Waals surface area (Å²) in [5.41, 5.74) is 0.569. The van der Waals surface area contributed by atoms with Crippen molar-refractivity contribution < 1.29 is 9.53 Å². The van der Waals surface area contributed by atoms with Crippen LogP contribution in [0, 0.1) is 0 Å². The number of carbonyl (C=O) groups excluding carboxylic acids is 1. The fourth-order valence-corrected chi connectivity index (χ4v) is 7.23. The molecule has 3 heteroatoms. The van der Waals surface area contributed by atoms with Gasteiger partial charge in [0.1, 0.15) is 15.9 Å². The Labute approximate surface area is 172 Å². The van der Waals surface area contributed by atoms with Gasteiger partial charge in [0.05, 0.1) is 5.56 Å². The monoisotopic (exact) mass is 397 g/mol. The number of benzene rings is 4. The molecule has 0 saturated carbocycles. The Kier molecular flexibility index (Phi) is 5.84. The van der Waals surface area contributed by atoms with Crippen molar-refractivity contribution in [2.24, 2.45) is 0 Å². The first-order valence-electron chi connectivity index (χ1n) is 9.58. The molecule has 0 aromatic heterocycles. The van der Waals surface area contributed by atoms with E-state index in [0.717, 1.165) is 0 Å². The van der Waals surface area contributed by atoms with E-state index in [1.807, 2.05) is 36.4 Å². The predicted octanol–water partition coefficient (Wildman–Crippen LogP) is 4.80. The van der Waals surface area contributed by atoms with E-state index >= 15 is 0 Å². The van der Waals surface area contributed by atoms with E-state index in [2.05, 4.69) is 72.8 Å². The molecule has 0 heterocycles. The molecule has 0 fully saturated rings. The number of hydrogen-bond acceptors (Lipinski definition) is 2. The number of rotatable bonds is 6. The first-order valence-corrected chi connectivity index (χ1v) is 11.6. The average Bonchev–Trinajstić information content (AvgIpc) is 2.82. The number of carbonyl (C=O) groups is 1. The van der Waals surface area contributed by atoms with E-state index in [1.165, 1.54) is 15.9 Å². The summed E-state index contributed by atoms with van der Waals surface area (Å²) in [6, 6.07) is 40.4. The smallest absolute Gasteiger partial charge is 0.341 e. The van der Waals surface area contributed by atoms with Crippen LogP contribution >= 0.6 is 7.26 Å². The molecule has 0 amide bonds. The second-order valence-corrected chi connectivity index (χ2v) is 10.2. The van der Waals surface area contributed by atoms with Gasteiger partial charge in [-0.15, -0.1) is 0 Å². The van der Waals surface area contributed by atoms with Crippen molar-refractivity contribution in [3.05, 3.63) is 127 Å². The Morgan fingerprint density at radius 2 is 0.897 bits per heavy atom. The summed E-state index contributed by atoms with van der Waals surface area (Å²) in [6.45, 7) is 0. The van der Waals surface area contributed by atoms with Gasteiger partial charge >= 0.3 is 5.97 Å². The molecular formula is C26H22O2P+. The minimum atomic E-state index is -2.17. The highest BCUT2D eigenvalue weighted by atomic mass is 31.2. The zero-order valence-electron chi connectivity index (χ0n) is 16.0. The summed E-state index contributed by atoms with van der Waals surface area (Å²) in [5, 5.41) is 3.58. The van der Waals surface area contributed by atoms with E-state index in [-0.39, 0.29) is 5.97 Å². The van der Waals surface area contributed by atoms with Crippen molar-refractivity contribution in [3.63, 3.8) is 0 Å². The number of esters is 1. The lowest BCUT2D eigenvalue weighted by Crippen LogP contribution is -2.34. The quantitative estimate of drug-likeness (QED) is 0.345. The highest BCUT2D eigenvalue weighted by Crippen LogP contribution is 2.55. The van der Waals surface area contributed by atoms with E-state index in [4.69, 9.17) is 4.74 Å².